The van der Waals surface area contributed by atoms with Crippen LogP contribution in [0.4, 0.5) is 0 Å². The van der Waals surface area contributed by atoms with Crippen molar-refractivity contribution in [2.24, 2.45) is 5.73 Å². The minimum Gasteiger partial charge on any atom is -0.478 e. The first kappa shape index (κ1) is 10.4. The van der Waals surface area contributed by atoms with Gasteiger partial charge in [0.2, 0.25) is 0 Å². The fourth-order valence-electron chi connectivity index (χ4n) is 1.09. The first-order chi connectivity index (χ1) is 6.65. The molecule has 0 aromatic carbocycles. The van der Waals surface area contributed by atoms with E-state index >= 15 is 0 Å². The maximum absolute atomic E-state index is 10.6. The monoisotopic (exact) mass is 192 g/mol. The molecule has 0 saturated heterocycles. The van der Waals surface area contributed by atoms with Crippen LogP contribution in [0.15, 0.2) is 31.1 Å². The topological polar surface area (TPSA) is 76.2 Å². The van der Waals surface area contributed by atoms with Gasteiger partial charge in [0.25, 0.3) is 0 Å². The molecule has 1 atom stereocenters. The van der Waals surface area contributed by atoms with Crippen molar-refractivity contribution in [1.82, 2.24) is 4.98 Å². The van der Waals surface area contributed by atoms with E-state index < -0.39 is 5.97 Å². The van der Waals surface area contributed by atoms with Crippen LogP contribution in [0.1, 0.15) is 28.4 Å². The highest BCUT2D eigenvalue weighted by molar-refractivity contribution is 5.87. The van der Waals surface area contributed by atoms with E-state index in [1.54, 1.807) is 12.3 Å². The predicted molar refractivity (Wildman–Crippen MR) is 52.9 cm³/mol. The van der Waals surface area contributed by atoms with Gasteiger partial charge in [0.1, 0.15) is 0 Å². The molecule has 0 radical (unpaired) electrons. The van der Waals surface area contributed by atoms with Crippen molar-refractivity contribution in [3.63, 3.8) is 0 Å². The first-order valence-corrected chi connectivity index (χ1v) is 4.20. The van der Waals surface area contributed by atoms with Crippen molar-refractivity contribution < 1.29 is 9.90 Å². The molecule has 0 aliphatic carbocycles. The number of rotatable bonds is 4. The van der Waals surface area contributed by atoms with Crippen molar-refractivity contribution in [1.29, 1.82) is 0 Å². The summed E-state index contributed by atoms with van der Waals surface area (Å²) in [5, 5.41) is 8.72. The van der Waals surface area contributed by atoms with Gasteiger partial charge in [-0.05, 0) is 18.1 Å². The molecule has 0 fully saturated rings. The van der Waals surface area contributed by atoms with Crippen LogP contribution in [0.3, 0.4) is 0 Å². The summed E-state index contributed by atoms with van der Waals surface area (Å²) in [6.45, 7) is 3.57. The molecule has 4 heteroatoms. The molecule has 14 heavy (non-hydrogen) atoms. The molecule has 74 valence electrons. The van der Waals surface area contributed by atoms with Crippen LogP contribution in [-0.2, 0) is 0 Å². The molecule has 1 aromatic heterocycles. The Labute approximate surface area is 82.1 Å². The van der Waals surface area contributed by atoms with E-state index in [4.69, 9.17) is 10.8 Å². The molecular formula is C10H12N2O2. The summed E-state index contributed by atoms with van der Waals surface area (Å²) in [6.07, 6.45) is 5.16. The van der Waals surface area contributed by atoms with Crippen molar-refractivity contribution >= 4 is 5.97 Å². The van der Waals surface area contributed by atoms with Gasteiger partial charge in [-0.25, -0.2) is 4.79 Å². The van der Waals surface area contributed by atoms with Gasteiger partial charge < -0.3 is 10.8 Å². The summed E-state index contributed by atoms with van der Waals surface area (Å²) in [4.78, 5) is 14.4. The maximum atomic E-state index is 10.6. The Balaban J connectivity index is 2.93. The summed E-state index contributed by atoms with van der Waals surface area (Å²) >= 11 is 0. The van der Waals surface area contributed by atoms with Crippen LogP contribution < -0.4 is 5.73 Å². The number of carboxylic acids is 1. The lowest BCUT2D eigenvalue weighted by molar-refractivity contribution is 0.0696. The number of hydrogen-bond donors (Lipinski definition) is 2. The molecule has 3 N–H and O–H groups in total. The quantitative estimate of drug-likeness (QED) is 0.706. The zero-order valence-electron chi connectivity index (χ0n) is 7.68. The number of aromatic carboxylic acids is 1. The van der Waals surface area contributed by atoms with E-state index in [0.717, 1.165) is 0 Å². The Kier molecular flexibility index (Phi) is 3.36. The van der Waals surface area contributed by atoms with Crippen LogP contribution in [0.5, 0.6) is 0 Å². The van der Waals surface area contributed by atoms with Gasteiger partial charge in [0.15, 0.2) is 0 Å². The van der Waals surface area contributed by atoms with E-state index in [9.17, 15) is 4.79 Å². The van der Waals surface area contributed by atoms with E-state index in [2.05, 4.69) is 11.6 Å². The van der Waals surface area contributed by atoms with Gasteiger partial charge in [-0.1, -0.05) is 6.08 Å². The molecule has 0 aliphatic heterocycles. The summed E-state index contributed by atoms with van der Waals surface area (Å²) < 4.78 is 0. The normalized spacial score (nSPS) is 12.1. The van der Waals surface area contributed by atoms with Gasteiger partial charge in [-0.15, -0.1) is 6.58 Å². The molecule has 4 nitrogen and oxygen atoms in total. The highest BCUT2D eigenvalue weighted by atomic mass is 16.4. The molecule has 1 heterocycles. The lowest BCUT2D eigenvalue weighted by Gasteiger charge is -2.08. The molecule has 0 bridgehead atoms. The molecule has 1 aromatic rings. The fourth-order valence-corrected chi connectivity index (χ4v) is 1.09. The summed E-state index contributed by atoms with van der Waals surface area (Å²) in [6, 6.07) is 1.29. The maximum Gasteiger partial charge on any atom is 0.337 e. The van der Waals surface area contributed by atoms with Crippen LogP contribution in [-0.4, -0.2) is 16.1 Å². The fraction of sp³-hybridized carbons (Fsp3) is 0.200. The average Bonchev–Trinajstić information content (AvgIpc) is 2.18. The number of carbonyl (C=O) groups is 1. The number of nitrogens with zero attached hydrogens (tertiary/aromatic N) is 1. The Bertz CT molecular complexity index is 350. The van der Waals surface area contributed by atoms with Gasteiger partial charge in [0.05, 0.1) is 5.56 Å². The molecule has 0 unspecified atom stereocenters. The Morgan fingerprint density at radius 3 is 3.00 bits per heavy atom. The Morgan fingerprint density at radius 1 is 1.71 bits per heavy atom. The van der Waals surface area contributed by atoms with Gasteiger partial charge >= 0.3 is 5.97 Å². The molecule has 0 spiro atoms. The Hall–Kier alpha value is -1.68. The third-order valence-corrected chi connectivity index (χ3v) is 1.86. The SMILES string of the molecule is C=CC[C@@H](N)c1cncc(C(=O)O)c1. The van der Waals surface area contributed by atoms with Gasteiger partial charge in [-0.2, -0.15) is 0 Å². The standard InChI is InChI=1S/C10H12N2O2/c1-2-3-9(11)7-4-8(10(13)14)6-12-5-7/h2,4-6,9H,1,3,11H2,(H,13,14)/t9-/m1/s1. The van der Waals surface area contributed by atoms with E-state index in [1.165, 1.54) is 12.3 Å². The number of nitrogens with two attached hydrogens (primary N) is 1. The first-order valence-electron chi connectivity index (χ1n) is 4.20. The molecule has 1 rings (SSSR count). The predicted octanol–water partition coefficient (Wildman–Crippen LogP) is 1.36. The summed E-state index contributed by atoms with van der Waals surface area (Å²) in [5.74, 6) is -0.995. The van der Waals surface area contributed by atoms with Gasteiger partial charge in [0, 0.05) is 18.4 Å². The highest BCUT2D eigenvalue weighted by Gasteiger charge is 2.08. The van der Waals surface area contributed by atoms with E-state index in [-0.39, 0.29) is 11.6 Å². The van der Waals surface area contributed by atoms with Crippen molar-refractivity contribution in [2.45, 2.75) is 12.5 Å². The van der Waals surface area contributed by atoms with Crippen LogP contribution in [0, 0.1) is 0 Å². The van der Waals surface area contributed by atoms with E-state index in [0.29, 0.717) is 12.0 Å². The number of carboxylic acid groups (broad SMARTS) is 1. The number of pyridine rings is 1. The van der Waals surface area contributed by atoms with Crippen molar-refractivity contribution in [3.05, 3.63) is 42.2 Å². The average molecular weight is 192 g/mol. The largest absolute Gasteiger partial charge is 0.478 e. The van der Waals surface area contributed by atoms with Crippen molar-refractivity contribution in [3.8, 4) is 0 Å². The van der Waals surface area contributed by atoms with Crippen LogP contribution in [0.2, 0.25) is 0 Å². The number of aromatic nitrogens is 1. The molecule has 0 aliphatic rings. The highest BCUT2D eigenvalue weighted by Crippen LogP contribution is 2.14. The lowest BCUT2D eigenvalue weighted by atomic mass is 10.1. The zero-order valence-corrected chi connectivity index (χ0v) is 7.68. The second-order valence-electron chi connectivity index (χ2n) is 2.94. The van der Waals surface area contributed by atoms with Crippen LogP contribution in [0.25, 0.3) is 0 Å². The van der Waals surface area contributed by atoms with Gasteiger partial charge in [-0.3, -0.25) is 4.98 Å². The third-order valence-electron chi connectivity index (χ3n) is 1.86. The second kappa shape index (κ2) is 4.53. The zero-order chi connectivity index (χ0) is 10.6. The third kappa shape index (κ3) is 2.40. The molecule has 0 saturated carbocycles. The number of hydrogen-bond acceptors (Lipinski definition) is 3. The molecule has 0 amide bonds. The van der Waals surface area contributed by atoms with Crippen LogP contribution >= 0.6 is 0 Å². The summed E-state index contributed by atoms with van der Waals surface area (Å²) in [7, 11) is 0. The minimum atomic E-state index is -0.995. The smallest absolute Gasteiger partial charge is 0.337 e. The van der Waals surface area contributed by atoms with Crippen molar-refractivity contribution in [2.75, 3.05) is 0 Å². The van der Waals surface area contributed by atoms with E-state index in [1.807, 2.05) is 0 Å². The second-order valence-corrected chi connectivity index (χ2v) is 2.94. The molecular weight excluding hydrogens is 180 g/mol. The summed E-state index contributed by atoms with van der Waals surface area (Å²) in [5.41, 5.74) is 6.64. The Morgan fingerprint density at radius 2 is 2.43 bits per heavy atom. The minimum absolute atomic E-state index is 0.155. The lowest BCUT2D eigenvalue weighted by Crippen LogP contribution is -2.10.